The van der Waals surface area contributed by atoms with Crippen molar-refractivity contribution in [3.63, 3.8) is 0 Å². The average molecular weight is 288 g/mol. The summed E-state index contributed by atoms with van der Waals surface area (Å²) >= 11 is 0. The highest BCUT2D eigenvalue weighted by Gasteiger charge is 2.25. The van der Waals surface area contributed by atoms with Gasteiger partial charge < -0.3 is 5.73 Å². The molecule has 1 unspecified atom stereocenters. The van der Waals surface area contributed by atoms with Gasteiger partial charge in [0, 0.05) is 19.1 Å². The highest BCUT2D eigenvalue weighted by atomic mass is 15.2. The van der Waals surface area contributed by atoms with Crippen molar-refractivity contribution >= 4 is 0 Å². The van der Waals surface area contributed by atoms with E-state index in [-0.39, 0.29) is 0 Å². The Morgan fingerprint density at radius 1 is 1.19 bits per heavy atom. The van der Waals surface area contributed by atoms with Gasteiger partial charge >= 0.3 is 0 Å². The predicted octanol–water partition coefficient (Wildman–Crippen LogP) is 4.32. The van der Waals surface area contributed by atoms with Crippen molar-refractivity contribution in [2.45, 2.75) is 58.4 Å². The predicted molar refractivity (Wildman–Crippen MR) is 91.5 cm³/mol. The number of hydrogen-bond acceptors (Lipinski definition) is 2. The monoisotopic (exact) mass is 288 g/mol. The molecule has 0 amide bonds. The van der Waals surface area contributed by atoms with E-state index in [0.717, 1.165) is 18.4 Å². The van der Waals surface area contributed by atoms with Crippen molar-refractivity contribution in [2.24, 2.45) is 11.7 Å². The lowest BCUT2D eigenvalue weighted by molar-refractivity contribution is 0.174. The van der Waals surface area contributed by atoms with Gasteiger partial charge in [-0.2, -0.15) is 0 Å². The normalized spacial score (nSPS) is 16.7. The summed E-state index contributed by atoms with van der Waals surface area (Å²) in [5.74, 6) is 1.60. The molecule has 1 atom stereocenters. The summed E-state index contributed by atoms with van der Waals surface area (Å²) in [6.07, 6.45) is 5.24. The van der Waals surface area contributed by atoms with Crippen LogP contribution < -0.4 is 5.73 Å². The third kappa shape index (κ3) is 4.31. The highest BCUT2D eigenvalue weighted by molar-refractivity contribution is 5.31. The Labute approximate surface area is 130 Å². The summed E-state index contributed by atoms with van der Waals surface area (Å²) in [6.45, 7) is 9.81. The first-order chi connectivity index (χ1) is 10.2. The van der Waals surface area contributed by atoms with Gasteiger partial charge in [-0.1, -0.05) is 57.9 Å². The van der Waals surface area contributed by atoms with Gasteiger partial charge in [0.15, 0.2) is 0 Å². The van der Waals surface area contributed by atoms with Crippen molar-refractivity contribution in [1.29, 1.82) is 0 Å². The molecule has 1 aliphatic carbocycles. The zero-order chi connectivity index (χ0) is 15.2. The van der Waals surface area contributed by atoms with Crippen LogP contribution in [0.2, 0.25) is 0 Å². The van der Waals surface area contributed by atoms with Crippen molar-refractivity contribution in [1.82, 2.24) is 4.90 Å². The van der Waals surface area contributed by atoms with Crippen LogP contribution in [0.3, 0.4) is 0 Å². The van der Waals surface area contributed by atoms with Gasteiger partial charge in [-0.15, -0.1) is 0 Å². The summed E-state index contributed by atoms with van der Waals surface area (Å²) < 4.78 is 0. The molecule has 2 rings (SSSR count). The zero-order valence-electron chi connectivity index (χ0n) is 14.0. The molecule has 1 aromatic carbocycles. The van der Waals surface area contributed by atoms with Gasteiger partial charge in [-0.3, -0.25) is 4.90 Å². The van der Waals surface area contributed by atoms with Crippen LogP contribution in [0.4, 0.5) is 0 Å². The third-order valence-corrected chi connectivity index (χ3v) is 5.06. The summed E-state index contributed by atoms with van der Waals surface area (Å²) in [4.78, 5) is 2.57. The van der Waals surface area contributed by atoms with Crippen molar-refractivity contribution in [2.75, 3.05) is 19.6 Å². The SMILES string of the molecule is CCC(CC)CN(CC)C(CN)c1cccc(C2CC2)c1. The molecule has 0 aromatic heterocycles. The molecular weight excluding hydrogens is 256 g/mol. The number of hydrogen-bond donors (Lipinski definition) is 1. The molecule has 1 aliphatic rings. The van der Waals surface area contributed by atoms with E-state index in [0.29, 0.717) is 12.6 Å². The van der Waals surface area contributed by atoms with Gasteiger partial charge in [-0.25, -0.2) is 0 Å². The fourth-order valence-electron chi connectivity index (χ4n) is 3.29. The molecule has 0 heterocycles. The van der Waals surface area contributed by atoms with Gasteiger partial charge in [0.25, 0.3) is 0 Å². The standard InChI is InChI=1S/C19H32N2/c1-4-15(5-2)14-21(6-3)19(13-20)18-9-7-8-17(12-18)16-10-11-16/h7-9,12,15-16,19H,4-6,10-11,13-14,20H2,1-3H3. The first kappa shape index (κ1) is 16.5. The maximum absolute atomic E-state index is 6.14. The lowest BCUT2D eigenvalue weighted by Crippen LogP contribution is -2.37. The molecular formula is C19H32N2. The molecule has 2 heteroatoms. The fourth-order valence-corrected chi connectivity index (χ4v) is 3.29. The lowest BCUT2D eigenvalue weighted by atomic mass is 9.97. The number of rotatable bonds is 9. The number of likely N-dealkylation sites (N-methyl/N-ethyl adjacent to an activating group) is 1. The average Bonchev–Trinajstić information content (AvgIpc) is 3.36. The van der Waals surface area contributed by atoms with Crippen LogP contribution in [0.15, 0.2) is 24.3 Å². The maximum Gasteiger partial charge on any atom is 0.0470 e. The molecule has 1 saturated carbocycles. The van der Waals surface area contributed by atoms with E-state index in [4.69, 9.17) is 5.73 Å². The smallest absolute Gasteiger partial charge is 0.0470 e. The van der Waals surface area contributed by atoms with Crippen LogP contribution in [0.1, 0.15) is 69.5 Å². The molecule has 0 saturated heterocycles. The minimum Gasteiger partial charge on any atom is -0.329 e. The first-order valence-electron chi connectivity index (χ1n) is 8.77. The van der Waals surface area contributed by atoms with Gasteiger partial charge in [0.2, 0.25) is 0 Å². The lowest BCUT2D eigenvalue weighted by Gasteiger charge is -2.33. The minimum atomic E-state index is 0.370. The fraction of sp³-hybridized carbons (Fsp3) is 0.684. The Bertz CT molecular complexity index is 421. The minimum absolute atomic E-state index is 0.370. The molecule has 2 nitrogen and oxygen atoms in total. The second-order valence-corrected chi connectivity index (χ2v) is 6.47. The molecule has 118 valence electrons. The second-order valence-electron chi connectivity index (χ2n) is 6.47. The van der Waals surface area contributed by atoms with Crippen LogP contribution in [0.5, 0.6) is 0 Å². The molecule has 0 spiro atoms. The van der Waals surface area contributed by atoms with E-state index in [1.165, 1.54) is 43.4 Å². The van der Waals surface area contributed by atoms with E-state index in [1.54, 1.807) is 0 Å². The molecule has 1 fully saturated rings. The maximum atomic E-state index is 6.14. The van der Waals surface area contributed by atoms with Crippen molar-refractivity contribution in [3.8, 4) is 0 Å². The quantitative estimate of drug-likeness (QED) is 0.733. The Balaban J connectivity index is 2.13. The van der Waals surface area contributed by atoms with Gasteiger partial charge in [0.1, 0.15) is 0 Å². The Morgan fingerprint density at radius 2 is 1.90 bits per heavy atom. The van der Waals surface area contributed by atoms with E-state index >= 15 is 0 Å². The van der Waals surface area contributed by atoms with Gasteiger partial charge in [-0.05, 0) is 42.3 Å². The summed E-state index contributed by atoms with van der Waals surface area (Å²) in [6, 6.07) is 9.54. The van der Waals surface area contributed by atoms with Crippen LogP contribution >= 0.6 is 0 Å². The number of nitrogens with zero attached hydrogens (tertiary/aromatic N) is 1. The summed E-state index contributed by atoms with van der Waals surface area (Å²) in [5, 5.41) is 0. The Hall–Kier alpha value is -0.860. The molecule has 0 radical (unpaired) electrons. The van der Waals surface area contributed by atoms with Crippen molar-refractivity contribution in [3.05, 3.63) is 35.4 Å². The topological polar surface area (TPSA) is 29.3 Å². The zero-order valence-corrected chi connectivity index (χ0v) is 14.0. The van der Waals surface area contributed by atoms with Crippen LogP contribution in [-0.2, 0) is 0 Å². The van der Waals surface area contributed by atoms with E-state index in [9.17, 15) is 0 Å². The largest absolute Gasteiger partial charge is 0.329 e. The van der Waals surface area contributed by atoms with Crippen molar-refractivity contribution < 1.29 is 0 Å². The molecule has 1 aromatic rings. The number of benzene rings is 1. The molecule has 21 heavy (non-hydrogen) atoms. The van der Waals surface area contributed by atoms with Crippen LogP contribution in [0.25, 0.3) is 0 Å². The summed E-state index contributed by atoms with van der Waals surface area (Å²) in [5.41, 5.74) is 9.07. The second kappa shape index (κ2) is 7.95. The van der Waals surface area contributed by atoms with Gasteiger partial charge in [0.05, 0.1) is 0 Å². The first-order valence-corrected chi connectivity index (χ1v) is 8.77. The highest BCUT2D eigenvalue weighted by Crippen LogP contribution is 2.40. The summed E-state index contributed by atoms with van der Waals surface area (Å²) in [7, 11) is 0. The molecule has 0 aliphatic heterocycles. The Morgan fingerprint density at radius 3 is 2.43 bits per heavy atom. The van der Waals surface area contributed by atoms with E-state index < -0.39 is 0 Å². The van der Waals surface area contributed by atoms with E-state index in [2.05, 4.69) is 49.9 Å². The van der Waals surface area contributed by atoms with E-state index in [1.807, 2.05) is 0 Å². The molecule has 2 N–H and O–H groups in total. The molecule has 0 bridgehead atoms. The van der Waals surface area contributed by atoms with Crippen LogP contribution in [0, 0.1) is 5.92 Å². The van der Waals surface area contributed by atoms with Crippen LogP contribution in [-0.4, -0.2) is 24.5 Å². The Kier molecular flexibility index (Phi) is 6.25. The number of nitrogens with two attached hydrogens (primary N) is 1. The third-order valence-electron chi connectivity index (χ3n) is 5.06.